The number of rotatable bonds is 3. The van der Waals surface area contributed by atoms with Crippen LogP contribution in [0.1, 0.15) is 17.3 Å². The van der Waals surface area contributed by atoms with Crippen LogP contribution in [-0.2, 0) is 14.8 Å². The molecule has 0 radical (unpaired) electrons. The van der Waals surface area contributed by atoms with Crippen molar-refractivity contribution >= 4 is 16.0 Å². The van der Waals surface area contributed by atoms with Crippen LogP contribution in [0.2, 0.25) is 0 Å². The van der Waals surface area contributed by atoms with Gasteiger partial charge in [0.25, 0.3) is 0 Å². The molecule has 21 heavy (non-hydrogen) atoms. The Balaban J connectivity index is 2.56. The number of halogens is 2. The molecule has 1 aromatic carbocycles. The number of aromatic carboxylic acids is 1. The van der Waals surface area contributed by atoms with Crippen molar-refractivity contribution in [1.82, 2.24) is 4.31 Å². The first-order valence-electron chi connectivity index (χ1n) is 6.07. The largest absolute Gasteiger partial charge is 0.478 e. The number of benzene rings is 1. The van der Waals surface area contributed by atoms with E-state index in [1.54, 1.807) is 6.92 Å². The monoisotopic (exact) mass is 321 g/mol. The number of nitrogens with zero attached hydrogens (tertiary/aromatic N) is 1. The smallest absolute Gasteiger partial charge is 0.335 e. The Morgan fingerprint density at radius 3 is 2.67 bits per heavy atom. The fourth-order valence-corrected chi connectivity index (χ4v) is 3.77. The number of sulfonamides is 1. The van der Waals surface area contributed by atoms with E-state index in [1.807, 2.05) is 0 Å². The molecule has 0 spiro atoms. The average molecular weight is 321 g/mol. The number of ether oxygens (including phenoxy) is 1. The zero-order valence-electron chi connectivity index (χ0n) is 11.0. The Bertz CT molecular complexity index is 676. The highest BCUT2D eigenvalue weighted by Gasteiger charge is 2.35. The Morgan fingerprint density at radius 1 is 1.43 bits per heavy atom. The maximum absolute atomic E-state index is 13.8. The van der Waals surface area contributed by atoms with Crippen molar-refractivity contribution in [3.05, 3.63) is 29.3 Å². The summed E-state index contributed by atoms with van der Waals surface area (Å²) in [6, 6.07) is 0.511. The molecule has 2 rings (SSSR count). The number of hydrogen-bond acceptors (Lipinski definition) is 4. The molecule has 6 nitrogen and oxygen atoms in total. The van der Waals surface area contributed by atoms with Crippen LogP contribution >= 0.6 is 0 Å². The van der Waals surface area contributed by atoms with Crippen molar-refractivity contribution in [1.29, 1.82) is 0 Å². The fraction of sp³-hybridized carbons (Fsp3) is 0.417. The van der Waals surface area contributed by atoms with Crippen LogP contribution < -0.4 is 0 Å². The maximum atomic E-state index is 13.8. The van der Waals surface area contributed by atoms with Gasteiger partial charge in [-0.15, -0.1) is 0 Å². The minimum absolute atomic E-state index is 0.0120. The molecular weight excluding hydrogens is 308 g/mol. The van der Waals surface area contributed by atoms with Gasteiger partial charge in [-0.1, -0.05) is 0 Å². The lowest BCUT2D eigenvalue weighted by Crippen LogP contribution is -2.47. The van der Waals surface area contributed by atoms with E-state index in [1.165, 1.54) is 0 Å². The van der Waals surface area contributed by atoms with Gasteiger partial charge < -0.3 is 9.84 Å². The highest BCUT2D eigenvalue weighted by atomic mass is 32.2. The van der Waals surface area contributed by atoms with Gasteiger partial charge >= 0.3 is 5.97 Å². The summed E-state index contributed by atoms with van der Waals surface area (Å²) in [4.78, 5) is 9.89. The van der Waals surface area contributed by atoms with Crippen LogP contribution in [0.5, 0.6) is 0 Å². The molecule has 9 heteroatoms. The highest BCUT2D eigenvalue weighted by Crippen LogP contribution is 2.25. The van der Waals surface area contributed by atoms with Crippen molar-refractivity contribution in [2.24, 2.45) is 0 Å². The molecule has 1 aromatic rings. The molecule has 1 heterocycles. The van der Waals surface area contributed by atoms with Gasteiger partial charge in [0.05, 0.1) is 18.8 Å². The molecule has 1 aliphatic heterocycles. The minimum atomic E-state index is -4.35. The van der Waals surface area contributed by atoms with Gasteiger partial charge in [0.2, 0.25) is 10.0 Å². The predicted octanol–water partition coefficient (Wildman–Crippen LogP) is 1.07. The molecule has 1 saturated heterocycles. The third-order valence-electron chi connectivity index (χ3n) is 3.14. The summed E-state index contributed by atoms with van der Waals surface area (Å²) >= 11 is 0. The molecule has 1 aliphatic rings. The number of carbonyl (C=O) groups is 1. The fourth-order valence-electron chi connectivity index (χ4n) is 2.07. The third-order valence-corrected chi connectivity index (χ3v) is 5.15. The molecule has 0 bridgehead atoms. The number of carboxylic acid groups (broad SMARTS) is 1. The molecule has 1 fully saturated rings. The molecule has 1 N–H and O–H groups in total. The lowest BCUT2D eigenvalue weighted by atomic mass is 10.2. The summed E-state index contributed by atoms with van der Waals surface area (Å²) in [7, 11) is -4.35. The second kappa shape index (κ2) is 5.66. The normalized spacial score (nSPS) is 20.4. The van der Waals surface area contributed by atoms with Crippen molar-refractivity contribution in [2.45, 2.75) is 17.9 Å². The summed E-state index contributed by atoms with van der Waals surface area (Å²) in [5.41, 5.74) is -0.631. The molecule has 0 saturated carbocycles. The van der Waals surface area contributed by atoms with Crippen molar-refractivity contribution in [2.75, 3.05) is 19.8 Å². The molecule has 116 valence electrons. The molecular formula is C12H13F2NO5S. The van der Waals surface area contributed by atoms with Crippen molar-refractivity contribution < 1.29 is 31.8 Å². The van der Waals surface area contributed by atoms with Gasteiger partial charge in [-0.3, -0.25) is 0 Å². The zero-order chi connectivity index (χ0) is 15.8. The van der Waals surface area contributed by atoms with Gasteiger partial charge in [-0.25, -0.2) is 22.0 Å². The van der Waals surface area contributed by atoms with E-state index in [4.69, 9.17) is 9.84 Å². The van der Waals surface area contributed by atoms with E-state index in [0.29, 0.717) is 12.1 Å². The standard InChI is InChI=1S/C12H13F2NO5S/c1-7-6-20-3-2-15(7)21(18,19)10-5-8(12(16)17)4-9(13)11(10)14/h4-5,7H,2-3,6H2,1H3,(H,16,17). The minimum Gasteiger partial charge on any atom is -0.478 e. The first-order valence-corrected chi connectivity index (χ1v) is 7.51. The van der Waals surface area contributed by atoms with Crippen LogP contribution in [0.3, 0.4) is 0 Å². The third kappa shape index (κ3) is 2.89. The van der Waals surface area contributed by atoms with Gasteiger partial charge in [0.15, 0.2) is 11.6 Å². The SMILES string of the molecule is CC1COCCN1S(=O)(=O)c1cc(C(=O)O)cc(F)c1F. The van der Waals surface area contributed by atoms with Gasteiger partial charge in [-0.05, 0) is 19.1 Å². The van der Waals surface area contributed by atoms with Gasteiger partial charge in [-0.2, -0.15) is 4.31 Å². The molecule has 0 amide bonds. The van der Waals surface area contributed by atoms with E-state index in [-0.39, 0.29) is 19.8 Å². The van der Waals surface area contributed by atoms with Crippen LogP contribution in [0.15, 0.2) is 17.0 Å². The lowest BCUT2D eigenvalue weighted by molar-refractivity contribution is 0.0391. The summed E-state index contributed by atoms with van der Waals surface area (Å²) in [5.74, 6) is -4.64. The molecule has 1 atom stereocenters. The number of morpholine rings is 1. The van der Waals surface area contributed by atoms with Crippen LogP contribution in [-0.4, -0.2) is 49.6 Å². The van der Waals surface area contributed by atoms with Crippen LogP contribution in [0.4, 0.5) is 8.78 Å². The maximum Gasteiger partial charge on any atom is 0.335 e. The van der Waals surface area contributed by atoms with E-state index in [0.717, 1.165) is 4.31 Å². The lowest BCUT2D eigenvalue weighted by Gasteiger charge is -2.32. The molecule has 0 aliphatic carbocycles. The number of carboxylic acids is 1. The van der Waals surface area contributed by atoms with Gasteiger partial charge in [0.1, 0.15) is 4.90 Å². The molecule has 0 aromatic heterocycles. The van der Waals surface area contributed by atoms with E-state index < -0.39 is 44.1 Å². The number of hydrogen-bond donors (Lipinski definition) is 1. The second-order valence-electron chi connectivity index (χ2n) is 4.62. The van der Waals surface area contributed by atoms with Gasteiger partial charge in [0, 0.05) is 12.6 Å². The van der Waals surface area contributed by atoms with Crippen LogP contribution in [0.25, 0.3) is 0 Å². The summed E-state index contributed by atoms with van der Waals surface area (Å²) in [5, 5.41) is 8.84. The predicted molar refractivity (Wildman–Crippen MR) is 67.5 cm³/mol. The quantitative estimate of drug-likeness (QED) is 0.900. The summed E-state index contributed by atoms with van der Waals surface area (Å²) < 4.78 is 58.2. The summed E-state index contributed by atoms with van der Waals surface area (Å²) in [6.45, 7) is 1.81. The van der Waals surface area contributed by atoms with E-state index in [2.05, 4.69) is 0 Å². The Hall–Kier alpha value is -1.58. The van der Waals surface area contributed by atoms with E-state index >= 15 is 0 Å². The summed E-state index contributed by atoms with van der Waals surface area (Å²) in [6.07, 6.45) is 0. The first kappa shape index (κ1) is 15.8. The van der Waals surface area contributed by atoms with E-state index in [9.17, 15) is 22.0 Å². The van der Waals surface area contributed by atoms with Crippen LogP contribution in [0, 0.1) is 11.6 Å². The zero-order valence-corrected chi connectivity index (χ0v) is 11.9. The Morgan fingerprint density at radius 2 is 2.10 bits per heavy atom. The second-order valence-corrected chi connectivity index (χ2v) is 6.47. The Labute approximate surface area is 120 Å². The highest BCUT2D eigenvalue weighted by molar-refractivity contribution is 7.89. The average Bonchev–Trinajstić information content (AvgIpc) is 2.41. The molecule has 1 unspecified atom stereocenters. The van der Waals surface area contributed by atoms with Crippen molar-refractivity contribution in [3.8, 4) is 0 Å². The van der Waals surface area contributed by atoms with Crippen molar-refractivity contribution in [3.63, 3.8) is 0 Å². The first-order chi connectivity index (χ1) is 9.75. The topological polar surface area (TPSA) is 83.9 Å². The Kier molecular flexibility index (Phi) is 4.26.